The molecule has 69 heavy (non-hydrogen) atoms. The molecule has 0 unspecified atom stereocenters. The lowest BCUT2D eigenvalue weighted by molar-refractivity contribution is 0.332. The highest BCUT2D eigenvalue weighted by Gasteiger charge is 2.50. The third-order valence-electron chi connectivity index (χ3n) is 18.3. The first-order chi connectivity index (χ1) is 32.6. The Hall–Kier alpha value is -6.00. The molecule has 3 heterocycles. The summed E-state index contributed by atoms with van der Waals surface area (Å²) in [6.45, 7) is 31.4. The van der Waals surface area contributed by atoms with Gasteiger partial charge in [-0.2, -0.15) is 0 Å². The molecular weight excluding hydrogens is 836 g/mol. The summed E-state index contributed by atoms with van der Waals surface area (Å²) in [4.78, 5) is 5.43. The highest BCUT2D eigenvalue weighted by Crippen LogP contribution is 2.58. The van der Waals surface area contributed by atoms with Crippen LogP contribution in [0.3, 0.4) is 0 Å². The molecule has 2 aliphatic heterocycles. The van der Waals surface area contributed by atoms with E-state index >= 15 is 0 Å². The van der Waals surface area contributed by atoms with Crippen molar-refractivity contribution in [2.24, 2.45) is 0 Å². The Bertz CT molecular complexity index is 3530. The Morgan fingerprint density at radius 1 is 0.478 bits per heavy atom. The molecule has 0 spiro atoms. The predicted octanol–water partition coefficient (Wildman–Crippen LogP) is 16.6. The van der Waals surface area contributed by atoms with Crippen molar-refractivity contribution in [1.29, 1.82) is 0 Å². The fraction of sp³-hybridized carbons (Fsp3) is 0.354. The van der Waals surface area contributed by atoms with Gasteiger partial charge >= 0.3 is 6.85 Å². The van der Waals surface area contributed by atoms with Crippen LogP contribution in [0.5, 0.6) is 0 Å². The van der Waals surface area contributed by atoms with Crippen LogP contribution in [-0.2, 0) is 32.5 Å². The SMILES string of the molecule is CC(C)(C)c1ccc(N2B3c4cc5c(cc4N(c4ccc6c(c4)C(C)(C)CCC6(C)C)c4cc6c(oc7ccccc76)c(c43)-c3cc4c(cc32)C(C)(C)c2ccccc2-4)C(C)(C)CCC5(C)C)cc1. The highest BCUT2D eigenvalue weighted by molar-refractivity contribution is 6.94. The van der Waals surface area contributed by atoms with Gasteiger partial charge in [-0.1, -0.05) is 157 Å². The first kappa shape index (κ1) is 43.1. The molecule has 8 aromatic rings. The van der Waals surface area contributed by atoms with Crippen LogP contribution in [0.25, 0.3) is 44.2 Å². The van der Waals surface area contributed by atoms with Crippen molar-refractivity contribution >= 4 is 68.1 Å². The number of hydrogen-bond acceptors (Lipinski definition) is 3. The molecule has 0 amide bonds. The number of furan rings is 1. The molecule has 0 saturated carbocycles. The van der Waals surface area contributed by atoms with Crippen LogP contribution in [0.1, 0.15) is 155 Å². The van der Waals surface area contributed by atoms with Gasteiger partial charge in [-0.3, -0.25) is 0 Å². The number of anilines is 5. The first-order valence-corrected chi connectivity index (χ1v) is 25.9. The molecule has 0 saturated heterocycles. The van der Waals surface area contributed by atoms with Crippen molar-refractivity contribution in [2.45, 2.75) is 148 Å². The molecule has 0 atom stereocenters. The molecule has 346 valence electrons. The molecule has 7 aromatic carbocycles. The van der Waals surface area contributed by atoms with Crippen LogP contribution < -0.4 is 20.6 Å². The number of para-hydroxylation sites is 1. The van der Waals surface area contributed by atoms with Crippen molar-refractivity contribution < 1.29 is 4.42 Å². The van der Waals surface area contributed by atoms with Gasteiger partial charge in [-0.15, -0.1) is 0 Å². The van der Waals surface area contributed by atoms with E-state index in [1.165, 1.54) is 112 Å². The van der Waals surface area contributed by atoms with Gasteiger partial charge in [0, 0.05) is 55.8 Å². The van der Waals surface area contributed by atoms with Crippen LogP contribution in [-0.4, -0.2) is 6.85 Å². The van der Waals surface area contributed by atoms with Gasteiger partial charge in [0.05, 0.1) is 0 Å². The quantitative estimate of drug-likeness (QED) is 0.161. The Kier molecular flexibility index (Phi) is 8.52. The Morgan fingerprint density at radius 2 is 1.07 bits per heavy atom. The lowest BCUT2D eigenvalue weighted by atomic mass is 9.42. The average Bonchev–Trinajstić information content (AvgIpc) is 3.79. The Morgan fingerprint density at radius 3 is 1.77 bits per heavy atom. The van der Waals surface area contributed by atoms with Crippen molar-refractivity contribution in [2.75, 3.05) is 9.71 Å². The maximum absolute atomic E-state index is 7.27. The molecule has 0 bridgehead atoms. The highest BCUT2D eigenvalue weighted by atomic mass is 16.3. The minimum absolute atomic E-state index is 0.0142. The second-order valence-corrected chi connectivity index (χ2v) is 25.9. The summed E-state index contributed by atoms with van der Waals surface area (Å²) in [6.07, 6.45) is 4.66. The van der Waals surface area contributed by atoms with Gasteiger partial charge in [-0.25, -0.2) is 0 Å². The van der Waals surface area contributed by atoms with E-state index in [1.807, 2.05) is 0 Å². The molecule has 4 heteroatoms. The maximum Gasteiger partial charge on any atom is 0.333 e. The predicted molar refractivity (Wildman–Crippen MR) is 294 cm³/mol. The van der Waals surface area contributed by atoms with Crippen molar-refractivity contribution in [3.8, 4) is 22.3 Å². The molecule has 13 rings (SSSR count). The van der Waals surface area contributed by atoms with Crippen LogP contribution in [0, 0.1) is 0 Å². The zero-order valence-electron chi connectivity index (χ0n) is 43.3. The second kappa shape index (κ2) is 13.7. The van der Waals surface area contributed by atoms with E-state index in [4.69, 9.17) is 4.42 Å². The number of hydrogen-bond donors (Lipinski definition) is 0. The van der Waals surface area contributed by atoms with E-state index < -0.39 is 0 Å². The van der Waals surface area contributed by atoms with Crippen LogP contribution in [0.15, 0.2) is 126 Å². The van der Waals surface area contributed by atoms with Crippen molar-refractivity contribution in [3.63, 3.8) is 0 Å². The van der Waals surface area contributed by atoms with E-state index in [2.05, 4.69) is 221 Å². The van der Waals surface area contributed by atoms with Gasteiger partial charge in [0.25, 0.3) is 0 Å². The fourth-order valence-electron chi connectivity index (χ4n) is 13.9. The molecule has 3 nitrogen and oxygen atoms in total. The Balaban J connectivity index is 1.21. The van der Waals surface area contributed by atoms with E-state index in [-0.39, 0.29) is 39.3 Å². The lowest BCUT2D eigenvalue weighted by Crippen LogP contribution is -2.62. The second-order valence-electron chi connectivity index (χ2n) is 25.9. The minimum Gasteiger partial charge on any atom is -0.455 e. The first-order valence-electron chi connectivity index (χ1n) is 25.9. The molecule has 0 radical (unpaired) electrons. The monoisotopic (exact) mass is 903 g/mol. The van der Waals surface area contributed by atoms with Crippen molar-refractivity contribution in [1.82, 2.24) is 0 Å². The summed E-state index contributed by atoms with van der Waals surface area (Å²) >= 11 is 0. The number of nitrogens with zero attached hydrogens (tertiary/aromatic N) is 2. The van der Waals surface area contributed by atoms with Gasteiger partial charge in [0.2, 0.25) is 0 Å². The third-order valence-corrected chi connectivity index (χ3v) is 18.3. The van der Waals surface area contributed by atoms with Crippen LogP contribution in [0.4, 0.5) is 28.4 Å². The van der Waals surface area contributed by atoms with Gasteiger partial charge in [-0.05, 0) is 168 Å². The number of rotatable bonds is 2. The smallest absolute Gasteiger partial charge is 0.333 e. The van der Waals surface area contributed by atoms with Crippen LogP contribution >= 0.6 is 0 Å². The zero-order chi connectivity index (χ0) is 48.1. The molecule has 0 fully saturated rings. The Labute approximate surface area is 411 Å². The van der Waals surface area contributed by atoms with Crippen LogP contribution in [0.2, 0.25) is 0 Å². The maximum atomic E-state index is 7.27. The molecule has 1 aromatic heterocycles. The van der Waals surface area contributed by atoms with E-state index in [0.717, 1.165) is 35.8 Å². The number of fused-ring (bicyclic) bond motifs is 13. The van der Waals surface area contributed by atoms with E-state index in [9.17, 15) is 0 Å². The number of benzene rings is 7. The molecular formula is C65H67BN2O. The summed E-state index contributed by atoms with van der Waals surface area (Å²) in [7, 11) is 0. The van der Waals surface area contributed by atoms with Gasteiger partial charge in [0.1, 0.15) is 11.2 Å². The summed E-state index contributed by atoms with van der Waals surface area (Å²) < 4.78 is 7.27. The molecule has 3 aliphatic carbocycles. The van der Waals surface area contributed by atoms with E-state index in [0.29, 0.717) is 0 Å². The third kappa shape index (κ3) is 5.87. The molecule has 0 N–H and O–H groups in total. The van der Waals surface area contributed by atoms with E-state index in [1.54, 1.807) is 0 Å². The zero-order valence-corrected chi connectivity index (χ0v) is 43.3. The van der Waals surface area contributed by atoms with Gasteiger partial charge in [0.15, 0.2) is 0 Å². The molecule has 5 aliphatic rings. The largest absolute Gasteiger partial charge is 0.455 e. The summed E-state index contributed by atoms with van der Waals surface area (Å²) in [5.74, 6) is 0. The summed E-state index contributed by atoms with van der Waals surface area (Å²) in [5, 5.41) is 2.32. The van der Waals surface area contributed by atoms with Crippen molar-refractivity contribution in [3.05, 3.63) is 160 Å². The van der Waals surface area contributed by atoms with Gasteiger partial charge < -0.3 is 14.1 Å². The lowest BCUT2D eigenvalue weighted by Gasteiger charge is -2.49. The summed E-state index contributed by atoms with van der Waals surface area (Å²) in [6, 6.07) is 47.9. The topological polar surface area (TPSA) is 19.6 Å². The average molecular weight is 903 g/mol. The fourth-order valence-corrected chi connectivity index (χ4v) is 13.9. The normalized spacial score (nSPS) is 19.3. The summed E-state index contributed by atoms with van der Waals surface area (Å²) in [5.41, 5.74) is 26.0. The minimum atomic E-state index is -0.176. The standard InChI is InChI=1S/C65H67BN2O/c1-60(2,3)38-22-24-39(25-23-38)68-53-36-48-43(41-18-14-16-20-46(41)65(48,12)13)33-45(53)57-58-55(34-44-42-19-15-17-21-56(42)69-59(44)57)67(40-26-27-47-49(32-40)62(6,7)29-28-61(47,4)5)54-37-51-50(35-52(54)66(58)68)63(8,9)30-31-64(51,10)11/h14-27,32-37H,28-31H2,1-13H3.